The van der Waals surface area contributed by atoms with Gasteiger partial charge < -0.3 is 10.2 Å². The van der Waals surface area contributed by atoms with Crippen LogP contribution in [0, 0.1) is 0 Å². The van der Waals surface area contributed by atoms with Crippen LogP contribution >= 0.6 is 0 Å². The van der Waals surface area contributed by atoms with Crippen molar-refractivity contribution < 1.29 is 23.2 Å². The van der Waals surface area contributed by atoms with E-state index in [1.165, 1.54) is 36.4 Å². The van der Waals surface area contributed by atoms with Gasteiger partial charge in [-0.25, -0.2) is 9.97 Å². The molecule has 0 fully saturated rings. The molecule has 0 radical (unpaired) electrons. The highest BCUT2D eigenvalue weighted by atomic mass is 32.2. The third-order valence-corrected chi connectivity index (χ3v) is 4.62. The van der Waals surface area contributed by atoms with Gasteiger partial charge in [0.05, 0.1) is 27.0 Å². The number of hydrogen-bond donors (Lipinski definition) is 3. The van der Waals surface area contributed by atoms with Gasteiger partial charge >= 0.3 is 0 Å². The minimum absolute atomic E-state index is 0.000654. The van der Waals surface area contributed by atoms with E-state index in [2.05, 4.69) is 9.97 Å². The van der Waals surface area contributed by atoms with Crippen molar-refractivity contribution in [3.05, 3.63) is 42.5 Å². The fourth-order valence-corrected chi connectivity index (χ4v) is 3.17. The normalized spacial score (nSPS) is 12.2. The van der Waals surface area contributed by atoms with Gasteiger partial charge in [-0.3, -0.25) is 4.55 Å². The molecule has 0 atom stereocenters. The molecule has 7 nitrogen and oxygen atoms in total. The highest BCUT2D eigenvalue weighted by Crippen LogP contribution is 2.34. The molecule has 1 aromatic heterocycles. The first kappa shape index (κ1) is 14.6. The first-order valence-corrected chi connectivity index (χ1v) is 8.31. The molecule has 0 saturated heterocycles. The largest absolute Gasteiger partial charge is 0.508 e. The Morgan fingerprint density at radius 2 is 1.58 bits per heavy atom. The number of aromatic nitrogens is 2. The Hall–Kier alpha value is -2.97. The maximum atomic E-state index is 11.3. The van der Waals surface area contributed by atoms with Crippen molar-refractivity contribution in [3.63, 3.8) is 0 Å². The maximum absolute atomic E-state index is 11.3. The molecule has 3 aromatic carbocycles. The molecular formula is C16H10N2O5S. The lowest BCUT2D eigenvalue weighted by Gasteiger charge is -2.08. The molecule has 0 bridgehead atoms. The highest BCUT2D eigenvalue weighted by Gasteiger charge is 2.14. The fourth-order valence-electron chi connectivity index (χ4n) is 2.67. The van der Waals surface area contributed by atoms with Gasteiger partial charge in [0.15, 0.2) is 0 Å². The molecule has 0 aliphatic heterocycles. The van der Waals surface area contributed by atoms with E-state index in [9.17, 15) is 18.6 Å². The van der Waals surface area contributed by atoms with E-state index >= 15 is 0 Å². The summed E-state index contributed by atoms with van der Waals surface area (Å²) in [7, 11) is -4.35. The zero-order valence-electron chi connectivity index (χ0n) is 12.0. The fraction of sp³-hybridized carbons (Fsp3) is 0. The van der Waals surface area contributed by atoms with Gasteiger partial charge in [-0.05, 0) is 36.4 Å². The van der Waals surface area contributed by atoms with E-state index in [0.717, 1.165) is 0 Å². The predicted molar refractivity (Wildman–Crippen MR) is 87.7 cm³/mol. The van der Waals surface area contributed by atoms with Crippen molar-refractivity contribution in [2.24, 2.45) is 0 Å². The zero-order valence-corrected chi connectivity index (χ0v) is 12.8. The second-order valence-corrected chi connectivity index (χ2v) is 6.76. The second-order valence-electron chi connectivity index (χ2n) is 5.34. The Balaban J connectivity index is 2.17. The Labute approximate surface area is 135 Å². The van der Waals surface area contributed by atoms with Crippen molar-refractivity contribution in [2.45, 2.75) is 4.90 Å². The monoisotopic (exact) mass is 342 g/mol. The Morgan fingerprint density at radius 3 is 2.33 bits per heavy atom. The van der Waals surface area contributed by atoms with Crippen LogP contribution in [0.1, 0.15) is 0 Å². The SMILES string of the molecule is O=S(=O)(O)c1ccc2nc3cc(O)c4ccc(O)cc4c3nc2c1. The Kier molecular flexibility index (Phi) is 2.90. The summed E-state index contributed by atoms with van der Waals surface area (Å²) >= 11 is 0. The molecule has 24 heavy (non-hydrogen) atoms. The van der Waals surface area contributed by atoms with E-state index < -0.39 is 10.1 Å². The highest BCUT2D eigenvalue weighted by molar-refractivity contribution is 7.85. The summed E-state index contributed by atoms with van der Waals surface area (Å²) in [6.07, 6.45) is 0. The van der Waals surface area contributed by atoms with Crippen LogP contribution < -0.4 is 0 Å². The number of nitrogens with zero attached hydrogens (tertiary/aromatic N) is 2. The second kappa shape index (κ2) is 4.76. The van der Waals surface area contributed by atoms with Crippen LogP contribution in [-0.2, 0) is 10.1 Å². The van der Waals surface area contributed by atoms with Crippen LogP contribution in [0.3, 0.4) is 0 Å². The number of phenolic OH excluding ortho intramolecular Hbond substituents is 2. The van der Waals surface area contributed by atoms with Crippen molar-refractivity contribution in [1.82, 2.24) is 9.97 Å². The summed E-state index contributed by atoms with van der Waals surface area (Å²) in [6, 6.07) is 9.78. The molecule has 0 saturated carbocycles. The van der Waals surface area contributed by atoms with Gasteiger partial charge in [0.2, 0.25) is 0 Å². The van der Waals surface area contributed by atoms with Crippen LogP contribution in [0.5, 0.6) is 11.5 Å². The Morgan fingerprint density at radius 1 is 0.792 bits per heavy atom. The molecular weight excluding hydrogens is 332 g/mol. The standard InChI is InChI=1S/C16H10N2O5S/c19-8-1-3-10-11(5-8)16-14(7-15(10)20)17-12-4-2-9(24(21,22)23)6-13(12)18-16/h1-7,19-20H,(H,21,22,23). The topological polar surface area (TPSA) is 121 Å². The molecule has 3 N–H and O–H groups in total. The minimum atomic E-state index is -4.35. The van der Waals surface area contributed by atoms with Gasteiger partial charge in [-0.15, -0.1) is 0 Å². The summed E-state index contributed by atoms with van der Waals surface area (Å²) < 4.78 is 31.7. The molecule has 4 aromatic rings. The van der Waals surface area contributed by atoms with Gasteiger partial charge in [0, 0.05) is 16.8 Å². The summed E-state index contributed by atoms with van der Waals surface area (Å²) in [5.74, 6) is 0.00342. The third kappa shape index (κ3) is 2.20. The number of rotatable bonds is 1. The molecule has 8 heteroatoms. The number of hydrogen-bond acceptors (Lipinski definition) is 6. The van der Waals surface area contributed by atoms with Crippen LogP contribution in [0.25, 0.3) is 32.8 Å². The smallest absolute Gasteiger partial charge is 0.294 e. The Bertz CT molecular complexity index is 1250. The van der Waals surface area contributed by atoms with E-state index in [1.807, 2.05) is 0 Å². The van der Waals surface area contributed by atoms with Crippen molar-refractivity contribution >= 4 is 43.0 Å². The third-order valence-electron chi connectivity index (χ3n) is 3.77. The first-order valence-electron chi connectivity index (χ1n) is 6.87. The van der Waals surface area contributed by atoms with Crippen molar-refractivity contribution in [1.29, 1.82) is 0 Å². The van der Waals surface area contributed by atoms with Crippen LogP contribution in [0.15, 0.2) is 47.4 Å². The molecule has 120 valence electrons. The van der Waals surface area contributed by atoms with E-state index in [1.54, 1.807) is 6.07 Å². The van der Waals surface area contributed by atoms with E-state index in [-0.39, 0.29) is 21.9 Å². The quantitative estimate of drug-likeness (QED) is 0.276. The number of aromatic hydroxyl groups is 2. The first-order chi connectivity index (χ1) is 11.3. The molecule has 0 unspecified atom stereocenters. The summed E-state index contributed by atoms with van der Waals surface area (Å²) in [5, 5.41) is 20.8. The van der Waals surface area contributed by atoms with Crippen molar-refractivity contribution in [2.75, 3.05) is 0 Å². The summed E-state index contributed by atoms with van der Waals surface area (Å²) in [6.45, 7) is 0. The summed E-state index contributed by atoms with van der Waals surface area (Å²) in [4.78, 5) is 8.48. The predicted octanol–water partition coefficient (Wildman–Crippen LogP) is 2.59. The van der Waals surface area contributed by atoms with Crippen LogP contribution in [0.4, 0.5) is 0 Å². The maximum Gasteiger partial charge on any atom is 0.294 e. The van der Waals surface area contributed by atoms with Crippen LogP contribution in [0.2, 0.25) is 0 Å². The van der Waals surface area contributed by atoms with Crippen LogP contribution in [-0.4, -0.2) is 33.2 Å². The van der Waals surface area contributed by atoms with E-state index in [0.29, 0.717) is 27.3 Å². The molecule has 0 spiro atoms. The lowest BCUT2D eigenvalue weighted by Crippen LogP contribution is -1.98. The van der Waals surface area contributed by atoms with E-state index in [4.69, 9.17) is 4.55 Å². The molecule has 0 aliphatic carbocycles. The molecule has 0 aliphatic rings. The number of fused-ring (bicyclic) bond motifs is 4. The lowest BCUT2D eigenvalue weighted by atomic mass is 10.1. The number of benzene rings is 3. The molecule has 0 amide bonds. The number of phenols is 2. The average molecular weight is 342 g/mol. The van der Waals surface area contributed by atoms with Gasteiger partial charge in [0.25, 0.3) is 10.1 Å². The van der Waals surface area contributed by atoms with Crippen molar-refractivity contribution in [3.8, 4) is 11.5 Å². The van der Waals surface area contributed by atoms with Gasteiger partial charge in [-0.1, -0.05) is 0 Å². The van der Waals surface area contributed by atoms with Gasteiger partial charge in [0.1, 0.15) is 11.5 Å². The average Bonchev–Trinajstić information content (AvgIpc) is 2.52. The molecule has 1 heterocycles. The molecule has 4 rings (SSSR count). The zero-order chi connectivity index (χ0) is 17.1. The summed E-state index contributed by atoms with van der Waals surface area (Å²) in [5.41, 5.74) is 1.48. The minimum Gasteiger partial charge on any atom is -0.508 e. The lowest BCUT2D eigenvalue weighted by molar-refractivity contribution is 0.475. The van der Waals surface area contributed by atoms with Gasteiger partial charge in [-0.2, -0.15) is 8.42 Å².